The molecule has 18 heavy (non-hydrogen) atoms. The zero-order valence-electron chi connectivity index (χ0n) is 10.4. The van der Waals surface area contributed by atoms with Gasteiger partial charge < -0.3 is 0 Å². The van der Waals surface area contributed by atoms with Crippen LogP contribution in [-0.4, -0.2) is 17.2 Å². The summed E-state index contributed by atoms with van der Waals surface area (Å²) >= 11 is 5.94. The minimum Gasteiger partial charge on any atom is -0.289 e. The summed E-state index contributed by atoms with van der Waals surface area (Å²) in [6, 6.07) is 8.25. The van der Waals surface area contributed by atoms with Crippen molar-refractivity contribution in [2.24, 2.45) is 10.9 Å². The van der Waals surface area contributed by atoms with Crippen LogP contribution in [0.2, 0.25) is 5.02 Å². The lowest BCUT2D eigenvalue weighted by Gasteiger charge is -2.17. The number of fused-ring (bicyclic) bond motifs is 1. The second kappa shape index (κ2) is 4.69. The lowest BCUT2D eigenvalue weighted by Crippen LogP contribution is -2.14. The van der Waals surface area contributed by atoms with Crippen molar-refractivity contribution in [2.75, 3.05) is 6.54 Å². The molecule has 3 rings (SSSR count). The predicted molar refractivity (Wildman–Crippen MR) is 76.6 cm³/mol. The summed E-state index contributed by atoms with van der Waals surface area (Å²) in [4.78, 5) is 9.03. The van der Waals surface area contributed by atoms with Crippen molar-refractivity contribution in [1.29, 1.82) is 0 Å². The van der Waals surface area contributed by atoms with Crippen LogP contribution in [0.3, 0.4) is 0 Å². The van der Waals surface area contributed by atoms with Gasteiger partial charge in [0.05, 0.1) is 10.5 Å². The van der Waals surface area contributed by atoms with Gasteiger partial charge in [0.25, 0.3) is 0 Å². The first-order valence-corrected chi connectivity index (χ1v) is 6.69. The molecule has 1 aliphatic rings. The summed E-state index contributed by atoms with van der Waals surface area (Å²) in [5.74, 6) is 0.714. The van der Waals surface area contributed by atoms with Crippen LogP contribution in [0.4, 0.5) is 0 Å². The first-order valence-electron chi connectivity index (χ1n) is 6.31. The molecule has 0 saturated heterocycles. The molecule has 0 unspecified atom stereocenters. The number of benzene rings is 1. The van der Waals surface area contributed by atoms with E-state index in [2.05, 4.69) is 35.1 Å². The minimum absolute atomic E-state index is 0.680. The molecule has 2 aromatic rings. The summed E-state index contributed by atoms with van der Waals surface area (Å²) in [7, 11) is 0. The second-order valence-corrected chi connectivity index (χ2v) is 5.43. The highest BCUT2D eigenvalue weighted by molar-refractivity contribution is 6.31. The topological polar surface area (TPSA) is 25.2 Å². The average Bonchev–Trinajstić information content (AvgIpc) is 2.39. The SMILES string of the molecule is C[C@H]1CCC(c2ccc3cc(Cl)cnc3c2)=NC1. The smallest absolute Gasteiger partial charge is 0.0709 e. The van der Waals surface area contributed by atoms with Gasteiger partial charge in [-0.2, -0.15) is 0 Å². The zero-order valence-corrected chi connectivity index (χ0v) is 11.1. The van der Waals surface area contributed by atoms with Crippen molar-refractivity contribution in [2.45, 2.75) is 19.8 Å². The van der Waals surface area contributed by atoms with E-state index in [1.807, 2.05) is 6.07 Å². The molecule has 0 aliphatic carbocycles. The number of hydrogen-bond acceptors (Lipinski definition) is 2. The Labute approximate surface area is 112 Å². The number of pyridine rings is 1. The van der Waals surface area contributed by atoms with Crippen molar-refractivity contribution in [1.82, 2.24) is 4.98 Å². The molecule has 0 fully saturated rings. The molecule has 1 aliphatic heterocycles. The molecule has 92 valence electrons. The van der Waals surface area contributed by atoms with E-state index in [1.54, 1.807) is 6.20 Å². The van der Waals surface area contributed by atoms with E-state index in [0.29, 0.717) is 10.9 Å². The Bertz CT molecular complexity index is 619. The molecule has 0 spiro atoms. The fourth-order valence-corrected chi connectivity index (χ4v) is 2.50. The molecule has 0 bridgehead atoms. The molecule has 0 radical (unpaired) electrons. The van der Waals surface area contributed by atoms with Crippen LogP contribution in [0.1, 0.15) is 25.3 Å². The van der Waals surface area contributed by atoms with Gasteiger partial charge in [-0.05, 0) is 36.5 Å². The second-order valence-electron chi connectivity index (χ2n) is 4.99. The van der Waals surface area contributed by atoms with Crippen molar-refractivity contribution < 1.29 is 0 Å². The van der Waals surface area contributed by atoms with E-state index >= 15 is 0 Å². The summed E-state index contributed by atoms with van der Waals surface area (Å²) < 4.78 is 0. The number of aliphatic imine (C=N–C) groups is 1. The molecular formula is C15H15ClN2. The number of hydrogen-bond donors (Lipinski definition) is 0. The first-order chi connectivity index (χ1) is 8.72. The van der Waals surface area contributed by atoms with E-state index in [4.69, 9.17) is 11.6 Å². The number of rotatable bonds is 1. The Hall–Kier alpha value is -1.41. The van der Waals surface area contributed by atoms with E-state index in [0.717, 1.165) is 23.9 Å². The van der Waals surface area contributed by atoms with Gasteiger partial charge in [0.2, 0.25) is 0 Å². The third-order valence-electron chi connectivity index (χ3n) is 3.45. The van der Waals surface area contributed by atoms with Gasteiger partial charge in [0.15, 0.2) is 0 Å². The Morgan fingerprint density at radius 2 is 2.17 bits per heavy atom. The Morgan fingerprint density at radius 3 is 2.94 bits per heavy atom. The van der Waals surface area contributed by atoms with Crippen molar-refractivity contribution in [3.63, 3.8) is 0 Å². The molecule has 0 amide bonds. The number of halogens is 1. The van der Waals surface area contributed by atoms with Crippen LogP contribution >= 0.6 is 11.6 Å². The van der Waals surface area contributed by atoms with Gasteiger partial charge in [-0.3, -0.25) is 9.98 Å². The fourth-order valence-electron chi connectivity index (χ4n) is 2.33. The van der Waals surface area contributed by atoms with Crippen molar-refractivity contribution >= 4 is 28.2 Å². The molecule has 2 heterocycles. The standard InChI is InChI=1S/C15H15ClN2/c1-10-2-5-14(17-8-10)12-4-3-11-6-13(16)9-18-15(11)7-12/h3-4,6-7,9-10H,2,5,8H2,1H3/t10-/m0/s1. The van der Waals surface area contributed by atoms with Crippen LogP contribution in [0.25, 0.3) is 10.9 Å². The third-order valence-corrected chi connectivity index (χ3v) is 3.66. The lowest BCUT2D eigenvalue weighted by molar-refractivity contribution is 0.538. The average molecular weight is 259 g/mol. The van der Waals surface area contributed by atoms with E-state index in [-0.39, 0.29) is 0 Å². The van der Waals surface area contributed by atoms with Crippen LogP contribution in [0.15, 0.2) is 35.5 Å². The van der Waals surface area contributed by atoms with E-state index in [9.17, 15) is 0 Å². The van der Waals surface area contributed by atoms with Gasteiger partial charge in [-0.15, -0.1) is 0 Å². The molecule has 0 N–H and O–H groups in total. The van der Waals surface area contributed by atoms with Crippen LogP contribution in [0, 0.1) is 5.92 Å². The Kier molecular flexibility index (Phi) is 3.04. The first kappa shape index (κ1) is 11.7. The minimum atomic E-state index is 0.680. The van der Waals surface area contributed by atoms with Crippen molar-refractivity contribution in [3.8, 4) is 0 Å². The molecule has 2 nitrogen and oxygen atoms in total. The Morgan fingerprint density at radius 1 is 1.28 bits per heavy atom. The van der Waals surface area contributed by atoms with Gasteiger partial charge >= 0.3 is 0 Å². The fraction of sp³-hybridized carbons (Fsp3) is 0.333. The highest BCUT2D eigenvalue weighted by Gasteiger charge is 2.13. The number of aromatic nitrogens is 1. The largest absolute Gasteiger partial charge is 0.289 e. The normalized spacial score (nSPS) is 19.9. The van der Waals surface area contributed by atoms with Crippen molar-refractivity contribution in [3.05, 3.63) is 41.0 Å². The number of nitrogens with zero attached hydrogens (tertiary/aromatic N) is 2. The summed E-state index contributed by atoms with van der Waals surface area (Å²) in [6.45, 7) is 3.20. The molecule has 1 aromatic heterocycles. The molecule has 1 atom stereocenters. The maximum atomic E-state index is 5.94. The van der Waals surface area contributed by atoms with Gasteiger partial charge in [-0.1, -0.05) is 30.7 Å². The molecule has 3 heteroatoms. The maximum absolute atomic E-state index is 5.94. The monoisotopic (exact) mass is 258 g/mol. The quantitative estimate of drug-likeness (QED) is 0.756. The molecule has 0 saturated carbocycles. The Balaban J connectivity index is 2.01. The van der Waals surface area contributed by atoms with E-state index in [1.165, 1.54) is 17.7 Å². The maximum Gasteiger partial charge on any atom is 0.0709 e. The van der Waals surface area contributed by atoms with Gasteiger partial charge in [-0.25, -0.2) is 0 Å². The highest BCUT2D eigenvalue weighted by Crippen LogP contribution is 2.22. The van der Waals surface area contributed by atoms with Gasteiger partial charge in [0.1, 0.15) is 0 Å². The summed E-state index contributed by atoms with van der Waals surface area (Å²) in [6.07, 6.45) is 3.99. The molecule has 1 aromatic carbocycles. The zero-order chi connectivity index (χ0) is 12.5. The van der Waals surface area contributed by atoms with Crippen LogP contribution < -0.4 is 0 Å². The van der Waals surface area contributed by atoms with Gasteiger partial charge in [0, 0.05) is 23.8 Å². The summed E-state index contributed by atoms with van der Waals surface area (Å²) in [5.41, 5.74) is 3.40. The third kappa shape index (κ3) is 2.25. The van der Waals surface area contributed by atoms with E-state index < -0.39 is 0 Å². The lowest BCUT2D eigenvalue weighted by atomic mass is 9.95. The summed E-state index contributed by atoms with van der Waals surface area (Å²) in [5, 5.41) is 1.76. The molecular weight excluding hydrogens is 244 g/mol. The highest BCUT2D eigenvalue weighted by atomic mass is 35.5. The predicted octanol–water partition coefficient (Wildman–Crippen LogP) is 4.11. The van der Waals surface area contributed by atoms with Crippen LogP contribution in [-0.2, 0) is 0 Å². The van der Waals surface area contributed by atoms with Crippen LogP contribution in [0.5, 0.6) is 0 Å².